The summed E-state index contributed by atoms with van der Waals surface area (Å²) in [5.74, 6) is -1.56. The van der Waals surface area contributed by atoms with Gasteiger partial charge in [-0.05, 0) is 36.2 Å². The predicted molar refractivity (Wildman–Crippen MR) is 76.7 cm³/mol. The molecule has 0 radical (unpaired) electrons. The number of carboxylic acid groups (broad SMARTS) is 1. The molecule has 5 atom stereocenters. The normalized spacial score (nSPS) is 36.0. The molecular formula is C17H17NO4. The van der Waals surface area contributed by atoms with Gasteiger partial charge in [-0.1, -0.05) is 30.3 Å². The smallest absolute Gasteiger partial charge is 0.323 e. The lowest BCUT2D eigenvalue weighted by atomic mass is 9.73. The highest BCUT2D eigenvalue weighted by Gasteiger charge is 2.63. The van der Waals surface area contributed by atoms with E-state index in [0.717, 1.165) is 17.7 Å². The molecular weight excluding hydrogens is 282 g/mol. The predicted octanol–water partition coefficient (Wildman–Crippen LogP) is 1.50. The van der Waals surface area contributed by atoms with Crippen molar-refractivity contribution in [1.82, 2.24) is 4.90 Å². The Morgan fingerprint density at radius 1 is 1.09 bits per heavy atom. The van der Waals surface area contributed by atoms with Gasteiger partial charge in [0.1, 0.15) is 6.54 Å². The molecule has 1 aliphatic heterocycles. The first-order chi connectivity index (χ1) is 10.6. The maximum atomic E-state index is 12.5. The molecule has 2 saturated carbocycles. The van der Waals surface area contributed by atoms with Gasteiger partial charge in [0.05, 0.1) is 11.8 Å². The molecule has 3 fully saturated rings. The summed E-state index contributed by atoms with van der Waals surface area (Å²) >= 11 is 0. The maximum absolute atomic E-state index is 12.5. The molecule has 0 unspecified atom stereocenters. The van der Waals surface area contributed by atoms with Gasteiger partial charge in [0.2, 0.25) is 11.8 Å². The summed E-state index contributed by atoms with van der Waals surface area (Å²) in [5.41, 5.74) is 1.23. The summed E-state index contributed by atoms with van der Waals surface area (Å²) in [4.78, 5) is 36.8. The molecule has 1 aromatic rings. The molecule has 4 rings (SSSR count). The highest BCUT2D eigenvalue weighted by molar-refractivity contribution is 6.07. The summed E-state index contributed by atoms with van der Waals surface area (Å²) in [6.45, 7) is -0.500. The Morgan fingerprint density at radius 3 is 2.45 bits per heavy atom. The van der Waals surface area contributed by atoms with Crippen LogP contribution in [0.1, 0.15) is 24.3 Å². The van der Waals surface area contributed by atoms with Gasteiger partial charge >= 0.3 is 5.97 Å². The number of fused-ring (bicyclic) bond motifs is 5. The zero-order valence-corrected chi connectivity index (χ0v) is 12.0. The topological polar surface area (TPSA) is 74.7 Å². The minimum Gasteiger partial charge on any atom is -0.480 e. The van der Waals surface area contributed by atoms with Gasteiger partial charge in [-0.2, -0.15) is 0 Å². The highest BCUT2D eigenvalue weighted by atomic mass is 16.4. The lowest BCUT2D eigenvalue weighted by Gasteiger charge is -2.28. The van der Waals surface area contributed by atoms with Crippen LogP contribution in [0.4, 0.5) is 0 Å². The Bertz CT molecular complexity index is 656. The van der Waals surface area contributed by atoms with Crippen molar-refractivity contribution in [1.29, 1.82) is 0 Å². The van der Waals surface area contributed by atoms with Crippen molar-refractivity contribution in [3.05, 3.63) is 35.9 Å². The monoisotopic (exact) mass is 299 g/mol. The fourth-order valence-electron chi connectivity index (χ4n) is 4.90. The van der Waals surface area contributed by atoms with Gasteiger partial charge in [0.15, 0.2) is 0 Å². The number of hydrogen-bond acceptors (Lipinski definition) is 3. The van der Waals surface area contributed by atoms with Gasteiger partial charge in [-0.3, -0.25) is 19.3 Å². The van der Waals surface area contributed by atoms with Gasteiger partial charge in [-0.15, -0.1) is 0 Å². The second kappa shape index (κ2) is 4.66. The Balaban J connectivity index is 1.64. The molecule has 2 aliphatic carbocycles. The van der Waals surface area contributed by atoms with Crippen LogP contribution in [0, 0.1) is 23.7 Å². The lowest BCUT2D eigenvalue weighted by molar-refractivity contribution is -0.149. The number of carboxylic acids is 1. The van der Waals surface area contributed by atoms with Gasteiger partial charge in [0.25, 0.3) is 0 Å². The molecule has 1 heterocycles. The summed E-state index contributed by atoms with van der Waals surface area (Å²) in [6.07, 6.45) is 1.84. The molecule has 2 bridgehead atoms. The van der Waals surface area contributed by atoms with Gasteiger partial charge < -0.3 is 5.11 Å². The Hall–Kier alpha value is -2.17. The fourth-order valence-corrected chi connectivity index (χ4v) is 4.90. The minimum absolute atomic E-state index is 0.174. The molecule has 114 valence electrons. The lowest BCUT2D eigenvalue weighted by Crippen LogP contribution is -2.37. The van der Waals surface area contributed by atoms with E-state index < -0.39 is 12.5 Å². The number of hydrogen-bond donors (Lipinski definition) is 1. The van der Waals surface area contributed by atoms with E-state index in [1.807, 2.05) is 18.2 Å². The maximum Gasteiger partial charge on any atom is 0.323 e. The van der Waals surface area contributed by atoms with Crippen LogP contribution < -0.4 is 0 Å². The van der Waals surface area contributed by atoms with Crippen LogP contribution >= 0.6 is 0 Å². The molecule has 5 heteroatoms. The van der Waals surface area contributed by atoms with Crippen molar-refractivity contribution in [2.75, 3.05) is 6.54 Å². The Morgan fingerprint density at radius 2 is 1.77 bits per heavy atom. The van der Waals surface area contributed by atoms with E-state index in [4.69, 9.17) is 5.11 Å². The van der Waals surface area contributed by atoms with Crippen molar-refractivity contribution in [2.45, 2.75) is 18.8 Å². The number of nitrogens with zero attached hydrogens (tertiary/aromatic N) is 1. The van der Waals surface area contributed by atoms with Crippen LogP contribution in [0.5, 0.6) is 0 Å². The SMILES string of the molecule is O=C(O)CN1C(=O)[C@@H]2[C@@H]3C[C@@H]([C@@H]2C1=O)[C@H](c1ccccc1)C3. The summed E-state index contributed by atoms with van der Waals surface area (Å²) in [6, 6.07) is 10.1. The third-order valence-corrected chi connectivity index (χ3v) is 5.63. The number of aliphatic carboxylic acids is 1. The molecule has 0 aromatic heterocycles. The van der Waals surface area contributed by atoms with Crippen LogP contribution in [-0.4, -0.2) is 34.3 Å². The van der Waals surface area contributed by atoms with E-state index in [0.29, 0.717) is 5.92 Å². The average molecular weight is 299 g/mol. The molecule has 22 heavy (non-hydrogen) atoms. The third kappa shape index (κ3) is 1.74. The largest absolute Gasteiger partial charge is 0.480 e. The third-order valence-electron chi connectivity index (χ3n) is 5.63. The van der Waals surface area contributed by atoms with Crippen LogP contribution in [0.15, 0.2) is 30.3 Å². The first kappa shape index (κ1) is 13.5. The highest BCUT2D eigenvalue weighted by Crippen LogP contribution is 2.61. The van der Waals surface area contributed by atoms with E-state index in [9.17, 15) is 14.4 Å². The second-order valence-electron chi connectivity index (χ2n) is 6.62. The number of imide groups is 1. The van der Waals surface area contributed by atoms with Gasteiger partial charge in [0, 0.05) is 0 Å². The Labute approximate surface area is 127 Å². The molecule has 5 nitrogen and oxygen atoms in total. The van der Waals surface area contributed by atoms with Crippen LogP contribution in [0.25, 0.3) is 0 Å². The molecule has 1 aromatic carbocycles. The molecule has 1 N–H and O–H groups in total. The van der Waals surface area contributed by atoms with Gasteiger partial charge in [-0.25, -0.2) is 0 Å². The summed E-state index contributed by atoms with van der Waals surface area (Å²) < 4.78 is 0. The van der Waals surface area contributed by atoms with Crippen LogP contribution in [0.2, 0.25) is 0 Å². The molecule has 0 spiro atoms. The quantitative estimate of drug-likeness (QED) is 0.858. The number of likely N-dealkylation sites (tertiary alicyclic amines) is 1. The van der Waals surface area contributed by atoms with E-state index in [-0.39, 0.29) is 35.5 Å². The molecule has 2 amide bonds. The Kier molecular flexibility index (Phi) is 2.86. The van der Waals surface area contributed by atoms with Crippen molar-refractivity contribution in [2.24, 2.45) is 23.7 Å². The zero-order chi connectivity index (χ0) is 15.4. The zero-order valence-electron chi connectivity index (χ0n) is 12.0. The van der Waals surface area contributed by atoms with Crippen molar-refractivity contribution < 1.29 is 19.5 Å². The number of benzene rings is 1. The number of carbonyl (C=O) groups is 3. The van der Waals surface area contributed by atoms with Crippen molar-refractivity contribution >= 4 is 17.8 Å². The van der Waals surface area contributed by atoms with E-state index in [1.165, 1.54) is 5.56 Å². The van der Waals surface area contributed by atoms with Crippen LogP contribution in [-0.2, 0) is 14.4 Å². The summed E-state index contributed by atoms with van der Waals surface area (Å²) in [7, 11) is 0. The van der Waals surface area contributed by atoms with E-state index >= 15 is 0 Å². The fraction of sp³-hybridized carbons (Fsp3) is 0.471. The first-order valence-electron chi connectivity index (χ1n) is 7.70. The van der Waals surface area contributed by atoms with E-state index in [2.05, 4.69) is 12.1 Å². The minimum atomic E-state index is -1.13. The first-order valence-corrected chi connectivity index (χ1v) is 7.70. The van der Waals surface area contributed by atoms with Crippen molar-refractivity contribution in [3.8, 4) is 0 Å². The number of rotatable bonds is 3. The molecule has 1 saturated heterocycles. The summed E-state index contributed by atoms with van der Waals surface area (Å²) in [5, 5.41) is 8.90. The van der Waals surface area contributed by atoms with E-state index in [1.54, 1.807) is 0 Å². The number of carbonyl (C=O) groups excluding carboxylic acids is 2. The standard InChI is InChI=1S/C17H17NO4/c19-13(20)8-18-16(21)14-10-6-11(9-4-2-1-3-5-9)12(7-10)15(14)17(18)22/h1-5,10-12,14-15H,6-8H2,(H,19,20)/t10-,11-,12+,14+,15-/m0/s1. The van der Waals surface area contributed by atoms with Crippen molar-refractivity contribution in [3.63, 3.8) is 0 Å². The number of amides is 2. The van der Waals surface area contributed by atoms with Crippen LogP contribution in [0.3, 0.4) is 0 Å². The molecule has 3 aliphatic rings. The average Bonchev–Trinajstić information content (AvgIpc) is 3.15. The second-order valence-corrected chi connectivity index (χ2v) is 6.62.